The van der Waals surface area contributed by atoms with Crippen LogP contribution in [-0.4, -0.2) is 31.5 Å². The first-order valence-corrected chi connectivity index (χ1v) is 4.95. The number of rotatable bonds is 3. The van der Waals surface area contributed by atoms with Crippen molar-refractivity contribution in [3.63, 3.8) is 0 Å². The molecular weight excluding hydrogens is 188 g/mol. The van der Waals surface area contributed by atoms with Gasteiger partial charge in [0.15, 0.2) is 5.96 Å². The molecule has 2 rings (SSSR count). The van der Waals surface area contributed by atoms with Crippen molar-refractivity contribution in [2.75, 3.05) is 13.1 Å². The Balaban J connectivity index is 1.78. The van der Waals surface area contributed by atoms with Crippen LogP contribution in [0.5, 0.6) is 0 Å². The Labute approximate surface area is 82.0 Å². The summed E-state index contributed by atoms with van der Waals surface area (Å²) in [6.07, 6.45) is -0.963. The first-order chi connectivity index (χ1) is 6.62. The summed E-state index contributed by atoms with van der Waals surface area (Å²) in [5.74, 6) is 0.671. The van der Waals surface area contributed by atoms with Crippen molar-refractivity contribution < 1.29 is 8.78 Å². The first-order valence-electron chi connectivity index (χ1n) is 4.95. The van der Waals surface area contributed by atoms with Crippen LogP contribution in [0.25, 0.3) is 0 Å². The third-order valence-corrected chi connectivity index (χ3v) is 2.87. The van der Waals surface area contributed by atoms with Crippen molar-refractivity contribution in [3.8, 4) is 0 Å². The van der Waals surface area contributed by atoms with Crippen molar-refractivity contribution in [1.29, 1.82) is 0 Å². The van der Waals surface area contributed by atoms with Gasteiger partial charge in [0.2, 0.25) is 6.43 Å². The molecule has 0 aromatic heterocycles. The molecule has 0 aromatic rings. The third-order valence-electron chi connectivity index (χ3n) is 2.87. The van der Waals surface area contributed by atoms with Gasteiger partial charge < -0.3 is 10.6 Å². The molecule has 3 nitrogen and oxygen atoms in total. The van der Waals surface area contributed by atoms with E-state index in [9.17, 15) is 8.78 Å². The number of guanidine groups is 1. The van der Waals surface area contributed by atoms with Gasteiger partial charge in [-0.2, -0.15) is 0 Å². The molecule has 2 aliphatic rings. The molecular formula is C9H15F2N3. The van der Waals surface area contributed by atoms with Gasteiger partial charge in [0, 0.05) is 18.0 Å². The van der Waals surface area contributed by atoms with Crippen LogP contribution < -0.4 is 10.6 Å². The molecule has 1 aliphatic carbocycles. The highest BCUT2D eigenvalue weighted by molar-refractivity contribution is 5.81. The summed E-state index contributed by atoms with van der Waals surface area (Å²) in [6, 6.07) is 0.319. The van der Waals surface area contributed by atoms with E-state index in [1.165, 1.54) is 0 Å². The predicted octanol–water partition coefficient (Wildman–Crippen LogP) is 0.969. The number of nitrogens with zero attached hydrogens (tertiary/aromatic N) is 1. The number of hydrogen-bond donors (Lipinski definition) is 2. The first kappa shape index (κ1) is 9.68. The molecule has 0 spiro atoms. The molecule has 0 amide bonds. The summed E-state index contributed by atoms with van der Waals surface area (Å²) < 4.78 is 25.1. The largest absolute Gasteiger partial charge is 0.356 e. The number of halogens is 2. The van der Waals surface area contributed by atoms with E-state index in [4.69, 9.17) is 0 Å². The zero-order valence-corrected chi connectivity index (χ0v) is 8.19. The molecule has 0 bridgehead atoms. The predicted molar refractivity (Wildman–Crippen MR) is 50.6 cm³/mol. The summed E-state index contributed by atoms with van der Waals surface area (Å²) in [7, 11) is 0. The molecule has 1 fully saturated rings. The minimum atomic E-state index is -2.21. The number of aliphatic imine (C=N–C) groups is 1. The van der Waals surface area contributed by atoms with E-state index in [0.29, 0.717) is 31.4 Å². The summed E-state index contributed by atoms with van der Waals surface area (Å²) in [5.41, 5.74) is -0.768. The number of hydrogen-bond acceptors (Lipinski definition) is 3. The van der Waals surface area contributed by atoms with Gasteiger partial charge in [0.1, 0.15) is 0 Å². The van der Waals surface area contributed by atoms with Gasteiger partial charge in [-0.25, -0.2) is 8.78 Å². The second kappa shape index (κ2) is 3.37. The molecule has 1 unspecified atom stereocenters. The normalized spacial score (nSPS) is 28.6. The monoisotopic (exact) mass is 203 g/mol. The van der Waals surface area contributed by atoms with E-state index in [0.717, 1.165) is 6.54 Å². The minimum absolute atomic E-state index is 0.319. The quantitative estimate of drug-likeness (QED) is 0.717. The molecule has 0 saturated heterocycles. The Morgan fingerprint density at radius 2 is 2.36 bits per heavy atom. The van der Waals surface area contributed by atoms with Crippen molar-refractivity contribution in [2.45, 2.75) is 32.2 Å². The topological polar surface area (TPSA) is 36.4 Å². The van der Waals surface area contributed by atoms with E-state index in [-0.39, 0.29) is 0 Å². The summed E-state index contributed by atoms with van der Waals surface area (Å²) in [4.78, 5) is 4.16. The lowest BCUT2D eigenvalue weighted by Crippen LogP contribution is -2.41. The van der Waals surface area contributed by atoms with Crippen molar-refractivity contribution in [1.82, 2.24) is 10.6 Å². The standard InChI is InChI=1S/C9H15F2N3/c1-6-4-12-8(14-6)13-5-9(2-3-9)7(10)11/h6-7H,2-5H2,1H3,(H2,12,13,14). The van der Waals surface area contributed by atoms with Gasteiger partial charge in [-0.3, -0.25) is 4.99 Å². The average molecular weight is 203 g/mol. The van der Waals surface area contributed by atoms with E-state index in [1.807, 2.05) is 6.92 Å². The van der Waals surface area contributed by atoms with Crippen molar-refractivity contribution >= 4 is 5.96 Å². The maximum Gasteiger partial charge on any atom is 0.245 e. The smallest absolute Gasteiger partial charge is 0.245 e. The zero-order valence-electron chi connectivity index (χ0n) is 8.19. The van der Waals surface area contributed by atoms with Crippen LogP contribution in [0.15, 0.2) is 4.99 Å². The maximum absolute atomic E-state index is 12.5. The van der Waals surface area contributed by atoms with Crippen molar-refractivity contribution in [2.24, 2.45) is 10.4 Å². The fourth-order valence-corrected chi connectivity index (χ4v) is 1.55. The van der Waals surface area contributed by atoms with Crippen LogP contribution in [0.2, 0.25) is 0 Å². The Kier molecular flexibility index (Phi) is 2.33. The lowest BCUT2D eigenvalue weighted by Gasteiger charge is -2.16. The Bertz CT molecular complexity index is 248. The van der Waals surface area contributed by atoms with Crippen LogP contribution in [-0.2, 0) is 0 Å². The fraction of sp³-hybridized carbons (Fsp3) is 0.889. The SMILES string of the molecule is CC1CN=C(NCC2(C(F)F)CC2)N1. The lowest BCUT2D eigenvalue weighted by atomic mass is 10.1. The van der Waals surface area contributed by atoms with Crippen LogP contribution >= 0.6 is 0 Å². The van der Waals surface area contributed by atoms with E-state index >= 15 is 0 Å². The van der Waals surface area contributed by atoms with Crippen LogP contribution in [0.1, 0.15) is 19.8 Å². The number of nitrogens with one attached hydrogen (secondary N) is 2. The third kappa shape index (κ3) is 1.81. The van der Waals surface area contributed by atoms with Gasteiger partial charge in [-0.15, -0.1) is 0 Å². The van der Waals surface area contributed by atoms with Gasteiger partial charge >= 0.3 is 0 Å². The van der Waals surface area contributed by atoms with E-state index in [1.54, 1.807) is 0 Å². The highest BCUT2D eigenvalue weighted by Crippen LogP contribution is 2.50. The van der Waals surface area contributed by atoms with E-state index in [2.05, 4.69) is 15.6 Å². The Morgan fingerprint density at radius 3 is 2.79 bits per heavy atom. The summed E-state index contributed by atoms with van der Waals surface area (Å²) >= 11 is 0. The molecule has 1 atom stereocenters. The molecule has 14 heavy (non-hydrogen) atoms. The fourth-order valence-electron chi connectivity index (χ4n) is 1.55. The summed E-state index contributed by atoms with van der Waals surface area (Å²) in [5, 5.41) is 6.04. The summed E-state index contributed by atoms with van der Waals surface area (Å²) in [6.45, 7) is 3.07. The van der Waals surface area contributed by atoms with Crippen LogP contribution in [0, 0.1) is 5.41 Å². The average Bonchev–Trinajstić information content (AvgIpc) is 2.82. The molecule has 0 aromatic carbocycles. The highest BCUT2D eigenvalue weighted by Gasteiger charge is 2.50. The maximum atomic E-state index is 12.5. The molecule has 80 valence electrons. The zero-order chi connectivity index (χ0) is 10.2. The number of alkyl halides is 2. The second-order valence-corrected chi connectivity index (χ2v) is 4.25. The Hall–Kier alpha value is -0.870. The van der Waals surface area contributed by atoms with Gasteiger partial charge in [0.05, 0.1) is 6.54 Å². The molecule has 1 aliphatic heterocycles. The highest BCUT2D eigenvalue weighted by atomic mass is 19.3. The second-order valence-electron chi connectivity index (χ2n) is 4.25. The van der Waals surface area contributed by atoms with Crippen molar-refractivity contribution in [3.05, 3.63) is 0 Å². The lowest BCUT2D eigenvalue weighted by molar-refractivity contribution is 0.0639. The Morgan fingerprint density at radius 1 is 1.64 bits per heavy atom. The van der Waals surface area contributed by atoms with E-state index < -0.39 is 11.8 Å². The van der Waals surface area contributed by atoms with Gasteiger partial charge in [0.25, 0.3) is 0 Å². The molecule has 5 heteroatoms. The minimum Gasteiger partial charge on any atom is -0.356 e. The van der Waals surface area contributed by atoms with Crippen LogP contribution in [0.3, 0.4) is 0 Å². The molecule has 1 saturated carbocycles. The van der Waals surface area contributed by atoms with Gasteiger partial charge in [-0.1, -0.05) is 0 Å². The molecule has 1 heterocycles. The molecule has 2 N–H and O–H groups in total. The van der Waals surface area contributed by atoms with Crippen LogP contribution in [0.4, 0.5) is 8.78 Å². The molecule has 0 radical (unpaired) electrons. The van der Waals surface area contributed by atoms with Gasteiger partial charge in [-0.05, 0) is 19.8 Å².